The molecule has 14 heavy (non-hydrogen) atoms. The van der Waals surface area contributed by atoms with Gasteiger partial charge in [-0.2, -0.15) is 0 Å². The highest BCUT2D eigenvalue weighted by atomic mass is 32.1. The fraction of sp³-hybridized carbons (Fsp3) is 0.600. The van der Waals surface area contributed by atoms with Gasteiger partial charge in [0.1, 0.15) is 0 Å². The van der Waals surface area contributed by atoms with Crippen molar-refractivity contribution in [1.29, 1.82) is 0 Å². The number of thiophene rings is 1. The lowest BCUT2D eigenvalue weighted by molar-refractivity contribution is 0.198. The second kappa shape index (κ2) is 6.01. The second-order valence-corrected chi connectivity index (χ2v) is 4.15. The van der Waals surface area contributed by atoms with Crippen LogP contribution in [0.15, 0.2) is 12.1 Å². The predicted molar refractivity (Wildman–Crippen MR) is 58.9 cm³/mol. The molecule has 4 heteroatoms. The molecule has 0 saturated heterocycles. The van der Waals surface area contributed by atoms with Crippen molar-refractivity contribution in [3.8, 4) is 5.06 Å². The molecule has 0 unspecified atom stereocenters. The Kier molecular flexibility index (Phi) is 4.93. The van der Waals surface area contributed by atoms with Crippen LogP contribution in [0.2, 0.25) is 0 Å². The number of hydrogen-bond acceptors (Lipinski definition) is 4. The Labute approximate surface area is 88.9 Å². The molecule has 3 nitrogen and oxygen atoms in total. The third kappa shape index (κ3) is 3.29. The van der Waals surface area contributed by atoms with Gasteiger partial charge in [0.25, 0.3) is 0 Å². The molecule has 0 atom stereocenters. The minimum Gasteiger partial charge on any atom is -0.487 e. The molecule has 0 saturated carbocycles. The largest absolute Gasteiger partial charge is 0.487 e. The topological polar surface area (TPSA) is 32.7 Å². The number of nitrogens with zero attached hydrogens (tertiary/aromatic N) is 1. The van der Waals surface area contributed by atoms with Crippen LogP contribution in [0, 0.1) is 0 Å². The van der Waals surface area contributed by atoms with E-state index in [1.165, 1.54) is 4.88 Å². The molecule has 1 N–H and O–H groups in total. The van der Waals surface area contributed by atoms with Crippen molar-refractivity contribution >= 4 is 11.3 Å². The molecule has 0 fully saturated rings. The molecule has 0 bridgehead atoms. The maximum Gasteiger partial charge on any atom is 0.173 e. The number of likely N-dealkylation sites (N-methyl/N-ethyl adjacent to an activating group) is 1. The van der Waals surface area contributed by atoms with E-state index in [9.17, 15) is 0 Å². The van der Waals surface area contributed by atoms with E-state index < -0.39 is 0 Å². The average Bonchev–Trinajstić information content (AvgIpc) is 2.65. The van der Waals surface area contributed by atoms with Gasteiger partial charge in [0.05, 0.1) is 13.7 Å². The zero-order valence-electron chi connectivity index (χ0n) is 8.69. The van der Waals surface area contributed by atoms with Gasteiger partial charge < -0.3 is 9.84 Å². The molecule has 1 heterocycles. The summed E-state index contributed by atoms with van der Waals surface area (Å²) in [5, 5.41) is 9.78. The normalized spacial score (nSPS) is 10.9. The molecule has 0 radical (unpaired) electrons. The Morgan fingerprint density at radius 1 is 1.50 bits per heavy atom. The van der Waals surface area contributed by atoms with Crippen molar-refractivity contribution in [2.24, 2.45) is 0 Å². The van der Waals surface area contributed by atoms with Crippen LogP contribution in [-0.4, -0.2) is 36.8 Å². The third-order valence-electron chi connectivity index (χ3n) is 2.08. The molecule has 1 rings (SSSR count). The summed E-state index contributed by atoms with van der Waals surface area (Å²) in [6.45, 7) is 4.90. The van der Waals surface area contributed by atoms with E-state index in [-0.39, 0.29) is 6.61 Å². The van der Waals surface area contributed by atoms with Gasteiger partial charge in [-0.1, -0.05) is 6.92 Å². The fourth-order valence-corrected chi connectivity index (χ4v) is 2.12. The number of aliphatic hydroxyl groups excluding tert-OH is 1. The molecule has 0 amide bonds. The maximum atomic E-state index is 8.83. The van der Waals surface area contributed by atoms with Crippen LogP contribution in [0.4, 0.5) is 0 Å². The molecule has 1 aromatic heterocycles. The molecule has 80 valence electrons. The van der Waals surface area contributed by atoms with Gasteiger partial charge in [0.15, 0.2) is 5.06 Å². The minimum absolute atomic E-state index is 0.219. The number of hydrogen-bond donors (Lipinski definition) is 1. The molecule has 0 aliphatic carbocycles. The molecule has 0 spiro atoms. The monoisotopic (exact) mass is 215 g/mol. The summed E-state index contributed by atoms with van der Waals surface area (Å²) < 4.78 is 5.12. The Balaban J connectivity index is 2.48. The molecule has 0 aliphatic rings. The highest BCUT2D eigenvalue weighted by Crippen LogP contribution is 2.24. The first-order chi connectivity index (χ1) is 6.80. The van der Waals surface area contributed by atoms with E-state index in [0.29, 0.717) is 0 Å². The Morgan fingerprint density at radius 2 is 2.29 bits per heavy atom. The lowest BCUT2D eigenvalue weighted by Gasteiger charge is -2.17. The first kappa shape index (κ1) is 11.5. The van der Waals surface area contributed by atoms with E-state index in [2.05, 4.69) is 17.9 Å². The van der Waals surface area contributed by atoms with Crippen LogP contribution in [0.5, 0.6) is 5.06 Å². The van der Waals surface area contributed by atoms with E-state index in [4.69, 9.17) is 9.84 Å². The van der Waals surface area contributed by atoms with Crippen molar-refractivity contribution in [3.05, 3.63) is 17.0 Å². The van der Waals surface area contributed by atoms with Crippen molar-refractivity contribution in [2.45, 2.75) is 13.5 Å². The van der Waals surface area contributed by atoms with E-state index >= 15 is 0 Å². The SMILES string of the molecule is CCN(CCO)Cc1ccc(OC)s1. The van der Waals surface area contributed by atoms with Crippen LogP contribution >= 0.6 is 11.3 Å². The molecular weight excluding hydrogens is 198 g/mol. The number of ether oxygens (including phenoxy) is 1. The van der Waals surface area contributed by atoms with Crippen LogP contribution < -0.4 is 4.74 Å². The quantitative estimate of drug-likeness (QED) is 0.782. The van der Waals surface area contributed by atoms with Crippen molar-refractivity contribution in [3.63, 3.8) is 0 Å². The first-order valence-corrected chi connectivity index (χ1v) is 5.57. The molecule has 1 aromatic rings. The summed E-state index contributed by atoms with van der Waals surface area (Å²) in [6.07, 6.45) is 0. The summed E-state index contributed by atoms with van der Waals surface area (Å²) in [5.41, 5.74) is 0. The predicted octanol–water partition coefficient (Wildman–Crippen LogP) is 1.57. The van der Waals surface area contributed by atoms with Crippen LogP contribution in [0.1, 0.15) is 11.8 Å². The first-order valence-electron chi connectivity index (χ1n) is 4.76. The number of methoxy groups -OCH3 is 1. The van der Waals surface area contributed by atoms with E-state index in [1.54, 1.807) is 18.4 Å². The van der Waals surface area contributed by atoms with Crippen LogP contribution in [0.25, 0.3) is 0 Å². The zero-order chi connectivity index (χ0) is 10.4. The lowest BCUT2D eigenvalue weighted by Crippen LogP contribution is -2.25. The van der Waals surface area contributed by atoms with Gasteiger partial charge in [-0.15, -0.1) is 11.3 Å². The van der Waals surface area contributed by atoms with Gasteiger partial charge in [-0.25, -0.2) is 0 Å². The average molecular weight is 215 g/mol. The van der Waals surface area contributed by atoms with Gasteiger partial charge >= 0.3 is 0 Å². The Morgan fingerprint density at radius 3 is 2.79 bits per heavy atom. The Hall–Kier alpha value is -0.580. The summed E-state index contributed by atoms with van der Waals surface area (Å²) in [4.78, 5) is 3.47. The molecular formula is C10H17NO2S. The molecule has 0 aliphatic heterocycles. The highest BCUT2D eigenvalue weighted by Gasteiger charge is 2.05. The van der Waals surface area contributed by atoms with E-state index in [1.807, 2.05) is 6.07 Å². The van der Waals surface area contributed by atoms with Crippen LogP contribution in [0.3, 0.4) is 0 Å². The molecule has 0 aromatic carbocycles. The van der Waals surface area contributed by atoms with Crippen molar-refractivity contribution < 1.29 is 9.84 Å². The number of rotatable bonds is 6. The van der Waals surface area contributed by atoms with Gasteiger partial charge in [0.2, 0.25) is 0 Å². The summed E-state index contributed by atoms with van der Waals surface area (Å²) in [7, 11) is 1.68. The standard InChI is InChI=1S/C10H17NO2S/c1-3-11(6-7-12)8-9-4-5-10(13-2)14-9/h4-5,12H,3,6-8H2,1-2H3. The van der Waals surface area contributed by atoms with Crippen LogP contribution in [-0.2, 0) is 6.54 Å². The van der Waals surface area contributed by atoms with Gasteiger partial charge in [-0.05, 0) is 18.7 Å². The van der Waals surface area contributed by atoms with Crippen molar-refractivity contribution in [2.75, 3.05) is 26.8 Å². The van der Waals surface area contributed by atoms with Gasteiger partial charge in [-0.3, -0.25) is 4.90 Å². The smallest absolute Gasteiger partial charge is 0.173 e. The fourth-order valence-electron chi connectivity index (χ4n) is 1.26. The number of aliphatic hydroxyl groups is 1. The summed E-state index contributed by atoms with van der Waals surface area (Å²) >= 11 is 1.66. The Bertz CT molecular complexity index is 262. The summed E-state index contributed by atoms with van der Waals surface area (Å²) in [6, 6.07) is 4.05. The minimum atomic E-state index is 0.219. The summed E-state index contributed by atoms with van der Waals surface area (Å²) in [5.74, 6) is 0. The maximum absolute atomic E-state index is 8.83. The zero-order valence-corrected chi connectivity index (χ0v) is 9.51. The lowest BCUT2D eigenvalue weighted by atomic mass is 10.4. The highest BCUT2D eigenvalue weighted by molar-refractivity contribution is 7.13. The van der Waals surface area contributed by atoms with Crippen molar-refractivity contribution in [1.82, 2.24) is 4.90 Å². The second-order valence-electron chi connectivity index (χ2n) is 3.02. The van der Waals surface area contributed by atoms with Gasteiger partial charge in [0, 0.05) is 18.0 Å². The third-order valence-corrected chi connectivity index (χ3v) is 3.11. The van der Waals surface area contributed by atoms with E-state index in [0.717, 1.165) is 24.7 Å².